The van der Waals surface area contributed by atoms with Crippen molar-refractivity contribution < 1.29 is 19.0 Å². The molecule has 2 aromatic carbocycles. The highest BCUT2D eigenvalue weighted by molar-refractivity contribution is 5.99. The average molecular weight is 430 g/mol. The molecule has 0 aliphatic carbocycles. The molecule has 2 aromatic heterocycles. The third-order valence-corrected chi connectivity index (χ3v) is 4.83. The van der Waals surface area contributed by atoms with Crippen molar-refractivity contribution in [3.63, 3.8) is 0 Å². The molecule has 0 fully saturated rings. The summed E-state index contributed by atoms with van der Waals surface area (Å²) in [5, 5.41) is 6.58. The molecule has 0 radical (unpaired) electrons. The standard InChI is InChI=1S/C24H22N4O4/c1-25-24(29)17-5-4-11-27-23(17)28-15-6-8-16(9-7-15)32-20-10-12-26-19-14-22(31-3)21(30-2)13-18(19)20/h4-14H,1-3H3,(H,25,29)(H,27,28). The first-order valence-corrected chi connectivity index (χ1v) is 9.85. The summed E-state index contributed by atoms with van der Waals surface area (Å²) in [7, 11) is 4.76. The van der Waals surface area contributed by atoms with Gasteiger partial charge in [-0.3, -0.25) is 9.78 Å². The van der Waals surface area contributed by atoms with Gasteiger partial charge < -0.3 is 24.8 Å². The molecular weight excluding hydrogens is 408 g/mol. The van der Waals surface area contributed by atoms with Crippen LogP contribution in [0.5, 0.6) is 23.0 Å². The number of nitrogens with one attached hydrogen (secondary N) is 2. The van der Waals surface area contributed by atoms with Crippen LogP contribution < -0.4 is 24.8 Å². The maximum Gasteiger partial charge on any atom is 0.254 e. The van der Waals surface area contributed by atoms with E-state index in [1.807, 2.05) is 36.4 Å². The number of amides is 1. The first-order valence-electron chi connectivity index (χ1n) is 9.85. The minimum atomic E-state index is -0.211. The lowest BCUT2D eigenvalue weighted by molar-refractivity contribution is 0.0963. The summed E-state index contributed by atoms with van der Waals surface area (Å²) in [6.45, 7) is 0. The molecule has 4 aromatic rings. The number of anilines is 2. The minimum Gasteiger partial charge on any atom is -0.493 e. The van der Waals surface area contributed by atoms with Crippen molar-refractivity contribution in [1.82, 2.24) is 15.3 Å². The van der Waals surface area contributed by atoms with Crippen LogP contribution in [-0.2, 0) is 0 Å². The first kappa shape index (κ1) is 20.9. The molecule has 162 valence electrons. The Kier molecular flexibility index (Phi) is 6.03. The molecule has 0 atom stereocenters. The van der Waals surface area contributed by atoms with Gasteiger partial charge in [-0.2, -0.15) is 0 Å². The quantitative estimate of drug-likeness (QED) is 0.444. The predicted octanol–water partition coefficient (Wildman–Crippen LogP) is 4.54. The highest BCUT2D eigenvalue weighted by Crippen LogP contribution is 2.37. The highest BCUT2D eigenvalue weighted by Gasteiger charge is 2.13. The van der Waals surface area contributed by atoms with Gasteiger partial charge in [0.2, 0.25) is 0 Å². The molecule has 2 heterocycles. The fourth-order valence-electron chi connectivity index (χ4n) is 3.23. The van der Waals surface area contributed by atoms with Crippen molar-refractivity contribution in [3.05, 3.63) is 72.6 Å². The van der Waals surface area contributed by atoms with Crippen molar-refractivity contribution in [2.75, 3.05) is 26.6 Å². The van der Waals surface area contributed by atoms with E-state index in [9.17, 15) is 4.79 Å². The van der Waals surface area contributed by atoms with Gasteiger partial charge in [0, 0.05) is 36.6 Å². The molecule has 8 nitrogen and oxygen atoms in total. The largest absolute Gasteiger partial charge is 0.493 e. The van der Waals surface area contributed by atoms with Crippen molar-refractivity contribution in [1.29, 1.82) is 0 Å². The molecule has 0 unspecified atom stereocenters. The van der Waals surface area contributed by atoms with Gasteiger partial charge in [-0.05, 0) is 48.5 Å². The summed E-state index contributed by atoms with van der Waals surface area (Å²) >= 11 is 0. The summed E-state index contributed by atoms with van der Waals surface area (Å²) < 4.78 is 16.9. The van der Waals surface area contributed by atoms with Crippen molar-refractivity contribution >= 4 is 28.3 Å². The summed E-state index contributed by atoms with van der Waals surface area (Å²) in [6.07, 6.45) is 3.31. The lowest BCUT2D eigenvalue weighted by Crippen LogP contribution is -2.19. The Labute approximate surface area is 185 Å². The van der Waals surface area contributed by atoms with E-state index in [1.54, 1.807) is 51.9 Å². The zero-order chi connectivity index (χ0) is 22.5. The normalized spacial score (nSPS) is 10.5. The van der Waals surface area contributed by atoms with Crippen molar-refractivity contribution in [2.45, 2.75) is 0 Å². The Hall–Kier alpha value is -4.33. The molecule has 1 amide bonds. The van der Waals surface area contributed by atoms with Gasteiger partial charge in [-0.1, -0.05) is 0 Å². The number of benzene rings is 2. The highest BCUT2D eigenvalue weighted by atomic mass is 16.5. The fraction of sp³-hybridized carbons (Fsp3) is 0.125. The summed E-state index contributed by atoms with van der Waals surface area (Å²) in [5.41, 5.74) is 1.96. The zero-order valence-corrected chi connectivity index (χ0v) is 17.9. The van der Waals surface area contributed by atoms with Gasteiger partial charge >= 0.3 is 0 Å². The van der Waals surface area contributed by atoms with Crippen LogP contribution in [0.2, 0.25) is 0 Å². The number of pyridine rings is 2. The number of hydrogen-bond acceptors (Lipinski definition) is 7. The fourth-order valence-corrected chi connectivity index (χ4v) is 3.23. The molecule has 0 saturated carbocycles. The van der Waals surface area contributed by atoms with Crippen LogP contribution in [0.15, 0.2) is 67.0 Å². The van der Waals surface area contributed by atoms with E-state index in [0.29, 0.717) is 34.4 Å². The second-order valence-corrected chi connectivity index (χ2v) is 6.76. The number of carbonyl (C=O) groups excluding carboxylic acids is 1. The summed E-state index contributed by atoms with van der Waals surface area (Å²) in [6, 6.07) is 16.2. The van der Waals surface area contributed by atoms with Gasteiger partial charge in [0.25, 0.3) is 5.91 Å². The number of aromatic nitrogens is 2. The van der Waals surface area contributed by atoms with Crippen LogP contribution in [0.4, 0.5) is 11.5 Å². The number of ether oxygens (including phenoxy) is 3. The number of rotatable bonds is 7. The van der Waals surface area contributed by atoms with Crippen molar-refractivity contribution in [2.24, 2.45) is 0 Å². The van der Waals surface area contributed by atoms with Crippen molar-refractivity contribution in [3.8, 4) is 23.0 Å². The van der Waals surface area contributed by atoms with Crippen LogP contribution in [-0.4, -0.2) is 37.1 Å². The van der Waals surface area contributed by atoms with E-state index in [2.05, 4.69) is 20.6 Å². The Morgan fingerprint density at radius 1 is 0.875 bits per heavy atom. The molecule has 32 heavy (non-hydrogen) atoms. The molecular formula is C24H22N4O4. The van der Waals surface area contributed by atoms with Crippen LogP contribution in [0.1, 0.15) is 10.4 Å². The maximum atomic E-state index is 12.0. The summed E-state index contributed by atoms with van der Waals surface area (Å²) in [4.78, 5) is 20.7. The average Bonchev–Trinajstić information content (AvgIpc) is 2.84. The van der Waals surface area contributed by atoms with Gasteiger partial charge in [-0.15, -0.1) is 0 Å². The lowest BCUT2D eigenvalue weighted by atomic mass is 10.2. The topological polar surface area (TPSA) is 94.6 Å². The van der Waals surface area contributed by atoms with Gasteiger partial charge in [0.15, 0.2) is 11.5 Å². The third-order valence-electron chi connectivity index (χ3n) is 4.83. The molecule has 0 aliphatic heterocycles. The van der Waals surface area contributed by atoms with E-state index in [1.165, 1.54) is 0 Å². The van der Waals surface area contributed by atoms with E-state index < -0.39 is 0 Å². The van der Waals surface area contributed by atoms with Gasteiger partial charge in [-0.25, -0.2) is 4.98 Å². The molecule has 0 spiro atoms. The summed E-state index contributed by atoms with van der Waals surface area (Å²) in [5.74, 6) is 2.75. The Balaban J connectivity index is 1.57. The molecule has 2 N–H and O–H groups in total. The third kappa shape index (κ3) is 4.24. The van der Waals surface area contributed by atoms with E-state index in [4.69, 9.17) is 14.2 Å². The Morgan fingerprint density at radius 3 is 2.34 bits per heavy atom. The molecule has 4 rings (SSSR count). The Morgan fingerprint density at radius 2 is 1.62 bits per heavy atom. The monoisotopic (exact) mass is 430 g/mol. The number of hydrogen-bond donors (Lipinski definition) is 2. The number of carbonyl (C=O) groups is 1. The number of fused-ring (bicyclic) bond motifs is 1. The second kappa shape index (κ2) is 9.22. The first-order chi connectivity index (χ1) is 15.6. The van der Waals surface area contributed by atoms with Crippen LogP contribution in [0, 0.1) is 0 Å². The maximum absolute atomic E-state index is 12.0. The van der Waals surface area contributed by atoms with E-state index in [-0.39, 0.29) is 5.91 Å². The molecule has 0 bridgehead atoms. The smallest absolute Gasteiger partial charge is 0.254 e. The molecule has 0 saturated heterocycles. The van der Waals surface area contributed by atoms with Gasteiger partial charge in [0.05, 0.1) is 25.3 Å². The van der Waals surface area contributed by atoms with Crippen LogP contribution in [0.3, 0.4) is 0 Å². The molecule has 0 aliphatic rings. The SMILES string of the molecule is CNC(=O)c1cccnc1Nc1ccc(Oc2ccnc3cc(OC)c(OC)cc23)cc1. The van der Waals surface area contributed by atoms with E-state index >= 15 is 0 Å². The number of nitrogens with zero attached hydrogens (tertiary/aromatic N) is 2. The predicted molar refractivity (Wildman–Crippen MR) is 122 cm³/mol. The lowest BCUT2D eigenvalue weighted by Gasteiger charge is -2.13. The second-order valence-electron chi connectivity index (χ2n) is 6.76. The molecule has 8 heteroatoms. The zero-order valence-electron chi connectivity index (χ0n) is 17.9. The van der Waals surface area contributed by atoms with Crippen LogP contribution in [0.25, 0.3) is 10.9 Å². The minimum absolute atomic E-state index is 0.211. The Bertz CT molecular complexity index is 1260. The van der Waals surface area contributed by atoms with Crippen LogP contribution >= 0.6 is 0 Å². The van der Waals surface area contributed by atoms with E-state index in [0.717, 1.165) is 16.6 Å². The number of methoxy groups -OCH3 is 2. The van der Waals surface area contributed by atoms with Gasteiger partial charge in [0.1, 0.15) is 17.3 Å².